The number of piperidine rings is 2. The molecule has 21 heavy (non-hydrogen) atoms. The van der Waals surface area contributed by atoms with Crippen molar-refractivity contribution in [2.75, 3.05) is 14.2 Å². The lowest BCUT2D eigenvalue weighted by Gasteiger charge is -2.46. The lowest BCUT2D eigenvalue weighted by Crippen LogP contribution is -2.51. The van der Waals surface area contributed by atoms with Crippen molar-refractivity contribution in [1.82, 2.24) is 4.90 Å². The highest BCUT2D eigenvalue weighted by Gasteiger charge is 2.39. The molecule has 0 radical (unpaired) electrons. The summed E-state index contributed by atoms with van der Waals surface area (Å²) in [6.07, 6.45) is 5.34. The molecule has 2 fully saturated rings. The predicted octanol–water partition coefficient (Wildman–Crippen LogP) is 3.28. The fourth-order valence-electron chi connectivity index (χ4n) is 3.96. The summed E-state index contributed by atoms with van der Waals surface area (Å²) in [6, 6.07) is 5.58. The van der Waals surface area contributed by atoms with Gasteiger partial charge in [-0.05, 0) is 44.9 Å². The van der Waals surface area contributed by atoms with E-state index in [-0.39, 0.29) is 17.5 Å². The Morgan fingerprint density at radius 1 is 1.29 bits per heavy atom. The van der Waals surface area contributed by atoms with Crippen molar-refractivity contribution in [3.63, 3.8) is 0 Å². The number of hydrogen-bond donors (Lipinski definition) is 0. The zero-order valence-corrected chi connectivity index (χ0v) is 12.6. The lowest BCUT2D eigenvalue weighted by molar-refractivity contribution is 0.0337. The number of ketones is 1. The van der Waals surface area contributed by atoms with E-state index in [1.807, 2.05) is 0 Å². The first-order chi connectivity index (χ1) is 10.1. The van der Waals surface area contributed by atoms with E-state index in [1.165, 1.54) is 19.6 Å². The molecule has 2 saturated heterocycles. The first-order valence-electron chi connectivity index (χ1n) is 7.70. The molecule has 2 heterocycles. The van der Waals surface area contributed by atoms with Gasteiger partial charge in [-0.1, -0.05) is 12.5 Å². The second kappa shape index (κ2) is 5.76. The van der Waals surface area contributed by atoms with Crippen LogP contribution in [-0.4, -0.2) is 36.9 Å². The number of fused-ring (bicyclic) bond motifs is 2. The Morgan fingerprint density at radius 2 is 1.95 bits per heavy atom. The van der Waals surface area contributed by atoms with E-state index in [0.717, 1.165) is 25.7 Å². The van der Waals surface area contributed by atoms with Crippen LogP contribution in [0.2, 0.25) is 0 Å². The van der Waals surface area contributed by atoms with Crippen LogP contribution in [0.4, 0.5) is 4.39 Å². The molecule has 1 aromatic carbocycles. The number of hydrogen-bond acceptors (Lipinski definition) is 3. The van der Waals surface area contributed by atoms with E-state index in [4.69, 9.17) is 4.74 Å². The standard InChI is InChI=1S/C17H22FNO2/c1-19-12-5-3-6-13(19)10-11(9-12)16(20)14-7-4-8-15(18)17(14)21-2/h4,7-8,11-13H,3,5-6,9-10H2,1-2H3. The zero-order chi connectivity index (χ0) is 15.0. The second-order valence-corrected chi connectivity index (χ2v) is 6.26. The Balaban J connectivity index is 1.85. The van der Waals surface area contributed by atoms with Crippen LogP contribution in [0.5, 0.6) is 5.75 Å². The highest BCUT2D eigenvalue weighted by atomic mass is 19.1. The van der Waals surface area contributed by atoms with Crippen LogP contribution in [0, 0.1) is 11.7 Å². The van der Waals surface area contributed by atoms with Gasteiger partial charge in [0.1, 0.15) is 0 Å². The minimum Gasteiger partial charge on any atom is -0.493 e. The summed E-state index contributed by atoms with van der Waals surface area (Å²) in [7, 11) is 3.58. The normalized spacial score (nSPS) is 29.2. The number of carbonyl (C=O) groups is 1. The summed E-state index contributed by atoms with van der Waals surface area (Å²) >= 11 is 0. The molecule has 2 unspecified atom stereocenters. The van der Waals surface area contributed by atoms with Gasteiger partial charge in [0.05, 0.1) is 12.7 Å². The molecule has 0 saturated carbocycles. The first kappa shape index (κ1) is 14.5. The molecular formula is C17H22FNO2. The molecule has 2 atom stereocenters. The van der Waals surface area contributed by atoms with Gasteiger partial charge in [0.15, 0.2) is 17.3 Å². The van der Waals surface area contributed by atoms with E-state index in [0.29, 0.717) is 17.6 Å². The minimum atomic E-state index is -0.462. The van der Waals surface area contributed by atoms with E-state index < -0.39 is 5.82 Å². The van der Waals surface area contributed by atoms with Gasteiger partial charge in [0.25, 0.3) is 0 Å². The van der Waals surface area contributed by atoms with E-state index >= 15 is 0 Å². The largest absolute Gasteiger partial charge is 0.493 e. The number of nitrogens with zero attached hydrogens (tertiary/aromatic N) is 1. The minimum absolute atomic E-state index is 0.00722. The maximum absolute atomic E-state index is 13.8. The van der Waals surface area contributed by atoms with Gasteiger partial charge in [0, 0.05) is 18.0 Å². The number of carbonyl (C=O) groups excluding carboxylic acids is 1. The van der Waals surface area contributed by atoms with Gasteiger partial charge in [-0.2, -0.15) is 0 Å². The van der Waals surface area contributed by atoms with E-state index in [2.05, 4.69) is 11.9 Å². The van der Waals surface area contributed by atoms with Crippen molar-refractivity contribution in [3.05, 3.63) is 29.6 Å². The second-order valence-electron chi connectivity index (χ2n) is 6.26. The van der Waals surface area contributed by atoms with Gasteiger partial charge in [-0.25, -0.2) is 4.39 Å². The quantitative estimate of drug-likeness (QED) is 0.800. The molecule has 0 aromatic heterocycles. The number of ether oxygens (including phenoxy) is 1. The Hall–Kier alpha value is -1.42. The van der Waals surface area contributed by atoms with Gasteiger partial charge in [0.2, 0.25) is 0 Å². The fraction of sp³-hybridized carbons (Fsp3) is 0.588. The number of Topliss-reactive ketones (excluding diaryl/α,β-unsaturated/α-hetero) is 1. The summed E-state index contributed by atoms with van der Waals surface area (Å²) in [5, 5.41) is 0. The molecule has 3 rings (SSSR count). The molecule has 0 spiro atoms. The van der Waals surface area contributed by atoms with Crippen molar-refractivity contribution < 1.29 is 13.9 Å². The average Bonchev–Trinajstić information content (AvgIpc) is 2.46. The number of methoxy groups -OCH3 is 1. The molecule has 0 amide bonds. The van der Waals surface area contributed by atoms with Crippen LogP contribution in [-0.2, 0) is 0 Å². The average molecular weight is 291 g/mol. The first-order valence-corrected chi connectivity index (χ1v) is 7.70. The van der Waals surface area contributed by atoms with Crippen LogP contribution in [0.1, 0.15) is 42.5 Å². The summed E-state index contributed by atoms with van der Waals surface area (Å²) < 4.78 is 18.9. The molecular weight excluding hydrogens is 269 g/mol. The van der Waals surface area contributed by atoms with Crippen LogP contribution < -0.4 is 4.74 Å². The molecule has 1 aromatic rings. The number of halogens is 1. The highest BCUT2D eigenvalue weighted by molar-refractivity contribution is 6.00. The van der Waals surface area contributed by atoms with Crippen molar-refractivity contribution in [3.8, 4) is 5.75 Å². The van der Waals surface area contributed by atoms with Crippen molar-refractivity contribution in [2.45, 2.75) is 44.2 Å². The third-order valence-electron chi connectivity index (χ3n) is 5.15. The summed E-state index contributed by atoms with van der Waals surface area (Å²) in [6.45, 7) is 0. The van der Waals surface area contributed by atoms with Crippen molar-refractivity contribution in [2.24, 2.45) is 5.92 Å². The van der Waals surface area contributed by atoms with Gasteiger partial charge in [-0.15, -0.1) is 0 Å². The van der Waals surface area contributed by atoms with E-state index in [1.54, 1.807) is 12.1 Å². The van der Waals surface area contributed by atoms with Crippen LogP contribution >= 0.6 is 0 Å². The monoisotopic (exact) mass is 291 g/mol. The molecule has 2 aliphatic rings. The van der Waals surface area contributed by atoms with Gasteiger partial charge < -0.3 is 9.64 Å². The summed E-state index contributed by atoms with van der Waals surface area (Å²) in [5.74, 6) is -0.341. The zero-order valence-electron chi connectivity index (χ0n) is 12.6. The number of benzene rings is 1. The van der Waals surface area contributed by atoms with Gasteiger partial charge >= 0.3 is 0 Å². The molecule has 0 N–H and O–H groups in total. The maximum Gasteiger partial charge on any atom is 0.169 e. The maximum atomic E-state index is 13.8. The Kier molecular flexibility index (Phi) is 3.98. The molecule has 2 aliphatic heterocycles. The Bertz CT molecular complexity index is 532. The van der Waals surface area contributed by atoms with Crippen molar-refractivity contribution in [1.29, 1.82) is 0 Å². The van der Waals surface area contributed by atoms with E-state index in [9.17, 15) is 9.18 Å². The van der Waals surface area contributed by atoms with Crippen LogP contribution in [0.25, 0.3) is 0 Å². The molecule has 4 heteroatoms. The van der Waals surface area contributed by atoms with Crippen molar-refractivity contribution >= 4 is 5.78 Å². The van der Waals surface area contributed by atoms with Crippen LogP contribution in [0.15, 0.2) is 18.2 Å². The molecule has 0 aliphatic carbocycles. The molecule has 114 valence electrons. The topological polar surface area (TPSA) is 29.5 Å². The Labute approximate surface area is 125 Å². The fourth-order valence-corrected chi connectivity index (χ4v) is 3.96. The number of para-hydroxylation sites is 1. The molecule has 2 bridgehead atoms. The molecule has 3 nitrogen and oxygen atoms in total. The highest BCUT2D eigenvalue weighted by Crippen LogP contribution is 2.38. The predicted molar refractivity (Wildman–Crippen MR) is 79.2 cm³/mol. The number of rotatable bonds is 3. The van der Waals surface area contributed by atoms with Gasteiger partial charge in [-0.3, -0.25) is 4.79 Å². The third kappa shape index (κ3) is 2.57. The summed E-state index contributed by atoms with van der Waals surface area (Å²) in [4.78, 5) is 15.2. The smallest absolute Gasteiger partial charge is 0.169 e. The Morgan fingerprint density at radius 3 is 2.57 bits per heavy atom. The van der Waals surface area contributed by atoms with Crippen LogP contribution in [0.3, 0.4) is 0 Å². The summed E-state index contributed by atoms with van der Waals surface area (Å²) in [5.41, 5.74) is 0.394. The lowest BCUT2D eigenvalue weighted by atomic mass is 9.76. The SMILES string of the molecule is COc1c(F)cccc1C(=O)C1CC2CCCC(C1)N2C. The third-order valence-corrected chi connectivity index (χ3v) is 5.15.